The molecule has 0 saturated heterocycles. The maximum Gasteiger partial charge on any atom is 0.311 e. The van der Waals surface area contributed by atoms with Gasteiger partial charge in [0, 0.05) is 11.8 Å². The highest BCUT2D eigenvalue weighted by Gasteiger charge is 2.11. The zero-order valence-electron chi connectivity index (χ0n) is 7.65. The fraction of sp³-hybridized carbons (Fsp3) is 0.375. The molecule has 0 aliphatic heterocycles. The van der Waals surface area contributed by atoms with Gasteiger partial charge in [-0.3, -0.25) is 14.9 Å². The molecule has 0 bridgehead atoms. The Morgan fingerprint density at radius 3 is 2.93 bits per heavy atom. The third kappa shape index (κ3) is 2.58. The van der Waals surface area contributed by atoms with Gasteiger partial charge in [-0.2, -0.15) is 0 Å². The molecule has 1 aromatic rings. The number of H-pyrrole nitrogens is 1. The third-order valence-corrected chi connectivity index (χ3v) is 1.58. The number of aromatic nitrogens is 1. The third-order valence-electron chi connectivity index (χ3n) is 1.58. The summed E-state index contributed by atoms with van der Waals surface area (Å²) in [6.07, 6.45) is 1.27. The molecule has 14 heavy (non-hydrogen) atoms. The Bertz CT molecular complexity index is 345. The highest BCUT2D eigenvalue weighted by Crippen LogP contribution is 2.12. The summed E-state index contributed by atoms with van der Waals surface area (Å²) in [5, 5.41) is 10.3. The second-order valence-electron chi connectivity index (χ2n) is 2.62. The van der Waals surface area contributed by atoms with E-state index in [9.17, 15) is 14.9 Å². The van der Waals surface area contributed by atoms with Crippen LogP contribution >= 0.6 is 0 Å². The molecule has 1 aromatic heterocycles. The van der Waals surface area contributed by atoms with Gasteiger partial charge in [0.25, 0.3) is 5.69 Å². The molecule has 0 spiro atoms. The zero-order chi connectivity index (χ0) is 10.6. The summed E-state index contributed by atoms with van der Waals surface area (Å²) in [7, 11) is 0. The van der Waals surface area contributed by atoms with Crippen molar-refractivity contribution in [2.75, 3.05) is 6.61 Å². The molecule has 76 valence electrons. The Morgan fingerprint density at radius 2 is 2.43 bits per heavy atom. The highest BCUT2D eigenvalue weighted by atomic mass is 16.6. The van der Waals surface area contributed by atoms with Crippen LogP contribution in [0.2, 0.25) is 0 Å². The second kappa shape index (κ2) is 4.40. The van der Waals surface area contributed by atoms with Gasteiger partial charge in [0.05, 0.1) is 24.1 Å². The molecule has 1 rings (SSSR count). The van der Waals surface area contributed by atoms with E-state index in [1.54, 1.807) is 6.92 Å². The predicted octanol–water partition coefficient (Wildman–Crippen LogP) is 1.03. The topological polar surface area (TPSA) is 85.2 Å². The Hall–Kier alpha value is -1.85. The van der Waals surface area contributed by atoms with Crippen LogP contribution in [0.15, 0.2) is 12.3 Å². The number of nitro groups is 1. The molecule has 0 saturated carbocycles. The van der Waals surface area contributed by atoms with Crippen LogP contribution in [-0.4, -0.2) is 22.5 Å². The van der Waals surface area contributed by atoms with Gasteiger partial charge in [-0.25, -0.2) is 0 Å². The molecular weight excluding hydrogens is 188 g/mol. The fourth-order valence-corrected chi connectivity index (χ4v) is 1.00. The largest absolute Gasteiger partial charge is 0.466 e. The van der Waals surface area contributed by atoms with Gasteiger partial charge in [0.15, 0.2) is 0 Å². The number of rotatable bonds is 4. The summed E-state index contributed by atoms with van der Waals surface area (Å²) in [6.45, 7) is 2.01. The Balaban J connectivity index is 2.59. The Labute approximate surface area is 80.0 Å². The van der Waals surface area contributed by atoms with Crippen molar-refractivity contribution in [2.45, 2.75) is 13.3 Å². The van der Waals surface area contributed by atoms with Crippen molar-refractivity contribution in [3.05, 3.63) is 28.1 Å². The van der Waals surface area contributed by atoms with Crippen molar-refractivity contribution < 1.29 is 14.5 Å². The van der Waals surface area contributed by atoms with Crippen LogP contribution in [0.3, 0.4) is 0 Å². The van der Waals surface area contributed by atoms with E-state index in [-0.39, 0.29) is 12.1 Å². The van der Waals surface area contributed by atoms with Crippen molar-refractivity contribution in [1.82, 2.24) is 4.98 Å². The summed E-state index contributed by atoms with van der Waals surface area (Å²) in [5.74, 6) is -0.399. The summed E-state index contributed by atoms with van der Waals surface area (Å²) >= 11 is 0. The lowest BCUT2D eigenvalue weighted by atomic mass is 10.3. The van der Waals surface area contributed by atoms with Gasteiger partial charge in [-0.1, -0.05) is 0 Å². The van der Waals surface area contributed by atoms with Crippen LogP contribution in [-0.2, 0) is 16.0 Å². The van der Waals surface area contributed by atoms with Crippen LogP contribution < -0.4 is 0 Å². The minimum absolute atomic E-state index is 0.0294. The van der Waals surface area contributed by atoms with E-state index in [1.165, 1.54) is 12.3 Å². The van der Waals surface area contributed by atoms with Gasteiger partial charge in [-0.05, 0) is 6.92 Å². The minimum Gasteiger partial charge on any atom is -0.466 e. The molecule has 1 N–H and O–H groups in total. The van der Waals surface area contributed by atoms with Gasteiger partial charge >= 0.3 is 5.97 Å². The Morgan fingerprint density at radius 1 is 1.71 bits per heavy atom. The van der Waals surface area contributed by atoms with Gasteiger partial charge in [-0.15, -0.1) is 0 Å². The first-order valence-corrected chi connectivity index (χ1v) is 4.10. The second-order valence-corrected chi connectivity index (χ2v) is 2.62. The summed E-state index contributed by atoms with van der Waals surface area (Å²) < 4.78 is 4.69. The molecule has 0 unspecified atom stereocenters. The first-order valence-electron chi connectivity index (χ1n) is 4.10. The van der Waals surface area contributed by atoms with E-state index in [4.69, 9.17) is 0 Å². The van der Waals surface area contributed by atoms with Gasteiger partial charge in [0.2, 0.25) is 0 Å². The van der Waals surface area contributed by atoms with Crippen LogP contribution in [0.5, 0.6) is 0 Å². The van der Waals surface area contributed by atoms with Crippen LogP contribution in [0.25, 0.3) is 0 Å². The average Bonchev–Trinajstić information content (AvgIpc) is 2.53. The molecule has 6 nitrogen and oxygen atoms in total. The molecule has 0 atom stereocenters. The average molecular weight is 198 g/mol. The molecule has 0 fully saturated rings. The lowest BCUT2D eigenvalue weighted by Gasteiger charge is -1.98. The number of carbonyl (C=O) groups is 1. The van der Waals surface area contributed by atoms with Gasteiger partial charge < -0.3 is 9.72 Å². The number of esters is 1. The lowest BCUT2D eigenvalue weighted by molar-refractivity contribution is -0.384. The van der Waals surface area contributed by atoms with E-state index in [2.05, 4.69) is 9.72 Å². The molecule has 0 aromatic carbocycles. The van der Waals surface area contributed by atoms with Crippen molar-refractivity contribution in [3.63, 3.8) is 0 Å². The van der Waals surface area contributed by atoms with Crippen molar-refractivity contribution in [1.29, 1.82) is 0 Å². The van der Waals surface area contributed by atoms with E-state index in [0.717, 1.165) is 0 Å². The minimum atomic E-state index is -0.523. The number of ether oxygens (including phenoxy) is 1. The molecule has 1 heterocycles. The Kier molecular flexibility index (Phi) is 3.22. The number of hydrogen-bond acceptors (Lipinski definition) is 4. The first kappa shape index (κ1) is 10.2. The van der Waals surface area contributed by atoms with Crippen LogP contribution in [0, 0.1) is 10.1 Å². The van der Waals surface area contributed by atoms with E-state index in [1.807, 2.05) is 0 Å². The zero-order valence-corrected chi connectivity index (χ0v) is 7.65. The summed E-state index contributed by atoms with van der Waals surface area (Å²) in [5.41, 5.74) is 0.430. The number of aromatic amines is 1. The normalized spacial score (nSPS) is 9.79. The maximum absolute atomic E-state index is 11.0. The number of nitrogens with one attached hydrogen (secondary N) is 1. The SMILES string of the molecule is CCOC(=O)Cc1cc([N+](=O)[O-])c[nH]1. The molecule has 0 aliphatic rings. The van der Waals surface area contributed by atoms with E-state index < -0.39 is 10.9 Å². The van der Waals surface area contributed by atoms with Gasteiger partial charge in [0.1, 0.15) is 0 Å². The molecule has 6 heteroatoms. The summed E-state index contributed by atoms with van der Waals surface area (Å²) in [6, 6.07) is 1.32. The molecule has 0 amide bonds. The maximum atomic E-state index is 11.0. The fourth-order valence-electron chi connectivity index (χ4n) is 1.00. The standard InChI is InChI=1S/C8H10N2O4/c1-2-14-8(11)4-6-3-7(5-9-6)10(12)13/h3,5,9H,2,4H2,1H3. The van der Waals surface area contributed by atoms with Crippen LogP contribution in [0.4, 0.5) is 5.69 Å². The van der Waals surface area contributed by atoms with E-state index in [0.29, 0.717) is 12.3 Å². The smallest absolute Gasteiger partial charge is 0.311 e. The quantitative estimate of drug-likeness (QED) is 0.444. The molecular formula is C8H10N2O4. The van der Waals surface area contributed by atoms with Crippen molar-refractivity contribution in [2.24, 2.45) is 0 Å². The monoisotopic (exact) mass is 198 g/mol. The highest BCUT2D eigenvalue weighted by molar-refractivity contribution is 5.72. The first-order chi connectivity index (χ1) is 6.63. The number of carbonyl (C=O) groups excluding carboxylic acids is 1. The lowest BCUT2D eigenvalue weighted by Crippen LogP contribution is -2.07. The number of nitrogens with zero attached hydrogens (tertiary/aromatic N) is 1. The molecule has 0 aliphatic carbocycles. The van der Waals surface area contributed by atoms with Crippen molar-refractivity contribution in [3.8, 4) is 0 Å². The van der Waals surface area contributed by atoms with Crippen LogP contribution in [0.1, 0.15) is 12.6 Å². The van der Waals surface area contributed by atoms with E-state index >= 15 is 0 Å². The van der Waals surface area contributed by atoms with Crippen molar-refractivity contribution >= 4 is 11.7 Å². The number of hydrogen-bond donors (Lipinski definition) is 1. The summed E-state index contributed by atoms with van der Waals surface area (Å²) in [4.78, 5) is 23.4. The molecule has 0 radical (unpaired) electrons. The predicted molar refractivity (Wildman–Crippen MR) is 47.8 cm³/mol.